The minimum Gasteiger partial charge on any atom is -0.385 e. The van der Waals surface area contributed by atoms with Gasteiger partial charge in [0.15, 0.2) is 6.17 Å². The summed E-state index contributed by atoms with van der Waals surface area (Å²) in [6.07, 6.45) is -4.97. The zero-order valence-electron chi connectivity index (χ0n) is 16.1. The Morgan fingerprint density at radius 1 is 1.00 bits per heavy atom. The van der Waals surface area contributed by atoms with Crippen LogP contribution in [0.5, 0.6) is 0 Å². The number of benzene rings is 2. The van der Waals surface area contributed by atoms with Crippen molar-refractivity contribution in [3.05, 3.63) is 81.5 Å². The summed E-state index contributed by atoms with van der Waals surface area (Å²) in [6.45, 7) is 1.59. The molecule has 0 saturated carbocycles. The first-order valence-corrected chi connectivity index (χ1v) is 10.5. The highest BCUT2D eigenvalue weighted by Gasteiger charge is 2.37. The molecule has 2 aliphatic rings. The summed E-state index contributed by atoms with van der Waals surface area (Å²) in [5.41, 5.74) is 5.23. The van der Waals surface area contributed by atoms with Gasteiger partial charge in [0.1, 0.15) is 10.7 Å². The van der Waals surface area contributed by atoms with E-state index >= 15 is 0 Å². The summed E-state index contributed by atoms with van der Waals surface area (Å²) in [5, 5.41) is 3.22. The Morgan fingerprint density at radius 2 is 1.77 bits per heavy atom. The van der Waals surface area contributed by atoms with Crippen molar-refractivity contribution in [2.24, 2.45) is 9.98 Å². The molecule has 1 atom stereocenters. The van der Waals surface area contributed by atoms with Crippen LogP contribution in [0.2, 0.25) is 0 Å². The van der Waals surface area contributed by atoms with Gasteiger partial charge in [0.25, 0.3) is 5.90 Å². The normalized spacial score (nSPS) is 18.4. The van der Waals surface area contributed by atoms with Gasteiger partial charge in [-0.25, -0.2) is 4.99 Å². The number of amidine groups is 1. The molecular weight excluding hydrogens is 425 g/mol. The molecule has 2 aromatic carbocycles. The van der Waals surface area contributed by atoms with E-state index < -0.39 is 17.2 Å². The van der Waals surface area contributed by atoms with Crippen LogP contribution < -0.4 is 10.8 Å². The maximum Gasteiger partial charge on any atom is 0.426 e. The molecule has 1 unspecified atom stereocenters. The number of halogens is 3. The highest BCUT2D eigenvalue weighted by Crippen LogP contribution is 2.43. The molecule has 0 fully saturated rings. The zero-order chi connectivity index (χ0) is 21.4. The van der Waals surface area contributed by atoms with E-state index in [4.69, 9.17) is 4.84 Å². The maximum absolute atomic E-state index is 13.6. The van der Waals surface area contributed by atoms with E-state index in [2.05, 4.69) is 20.8 Å². The van der Waals surface area contributed by atoms with Crippen LogP contribution in [0.25, 0.3) is 11.1 Å². The first-order chi connectivity index (χ1) is 15.0. The SMILES string of the molecule is FC(F)(F)c1sc(C2=NC(c3ccc(C4=NCCN4)cc3)NO2)cc1-c1ccccc1. The zero-order valence-corrected chi connectivity index (χ0v) is 16.9. The van der Waals surface area contributed by atoms with E-state index in [1.54, 1.807) is 30.3 Å². The lowest BCUT2D eigenvalue weighted by molar-refractivity contribution is -0.133. The van der Waals surface area contributed by atoms with Crippen molar-refractivity contribution >= 4 is 23.1 Å². The van der Waals surface area contributed by atoms with Crippen LogP contribution in [-0.4, -0.2) is 24.8 Å². The van der Waals surface area contributed by atoms with Crippen LogP contribution in [0.3, 0.4) is 0 Å². The van der Waals surface area contributed by atoms with Crippen molar-refractivity contribution in [3.8, 4) is 11.1 Å². The Morgan fingerprint density at radius 3 is 2.45 bits per heavy atom. The number of hydrogen-bond acceptors (Lipinski definition) is 6. The molecule has 0 bridgehead atoms. The number of nitrogens with zero attached hydrogens (tertiary/aromatic N) is 2. The molecule has 3 aromatic rings. The molecule has 2 N–H and O–H groups in total. The number of nitrogens with one attached hydrogen (secondary N) is 2. The highest BCUT2D eigenvalue weighted by molar-refractivity contribution is 7.14. The Bertz CT molecular complexity index is 1150. The van der Waals surface area contributed by atoms with Crippen molar-refractivity contribution in [1.82, 2.24) is 10.8 Å². The fraction of sp³-hybridized carbons (Fsp3) is 0.182. The molecule has 2 aliphatic heterocycles. The molecule has 0 spiro atoms. The van der Waals surface area contributed by atoms with E-state index in [0.29, 0.717) is 21.8 Å². The summed E-state index contributed by atoms with van der Waals surface area (Å²) in [6, 6.07) is 17.7. The standard InChI is InChI=1S/C22H17F3N4OS/c23-22(24,25)18-16(13-4-2-1-3-5-13)12-17(31-18)21-28-20(29-30-21)15-8-6-14(7-9-15)19-26-10-11-27-19/h1-9,12,20,29H,10-11H2,(H,26,27). The second-order valence-corrected chi connectivity index (χ2v) is 8.11. The molecule has 5 nitrogen and oxygen atoms in total. The van der Waals surface area contributed by atoms with E-state index in [-0.39, 0.29) is 11.5 Å². The van der Waals surface area contributed by atoms with Crippen LogP contribution in [0.15, 0.2) is 70.6 Å². The second kappa shape index (κ2) is 7.82. The molecule has 3 heterocycles. The Balaban J connectivity index is 1.43. The Hall–Kier alpha value is -3.17. The quantitative estimate of drug-likeness (QED) is 0.612. The lowest BCUT2D eigenvalue weighted by Crippen LogP contribution is -2.19. The third kappa shape index (κ3) is 3.94. The summed E-state index contributed by atoms with van der Waals surface area (Å²) in [5.74, 6) is 1.01. The van der Waals surface area contributed by atoms with Gasteiger partial charge in [-0.1, -0.05) is 54.6 Å². The molecule has 0 saturated heterocycles. The van der Waals surface area contributed by atoms with Gasteiger partial charge in [-0.2, -0.15) is 13.2 Å². The van der Waals surface area contributed by atoms with Crippen LogP contribution >= 0.6 is 11.3 Å². The molecule has 0 radical (unpaired) electrons. The average molecular weight is 442 g/mol. The monoisotopic (exact) mass is 442 g/mol. The fourth-order valence-electron chi connectivity index (χ4n) is 3.49. The van der Waals surface area contributed by atoms with Crippen molar-refractivity contribution in [2.75, 3.05) is 13.1 Å². The number of rotatable bonds is 4. The minimum absolute atomic E-state index is 0.122. The Labute approximate surface area is 180 Å². The topological polar surface area (TPSA) is 58.0 Å². The van der Waals surface area contributed by atoms with Crippen molar-refractivity contribution in [1.29, 1.82) is 0 Å². The van der Waals surface area contributed by atoms with Gasteiger partial charge in [-0.05, 0) is 17.2 Å². The number of alkyl halides is 3. The van der Waals surface area contributed by atoms with Gasteiger partial charge in [0.05, 0.1) is 11.4 Å². The smallest absolute Gasteiger partial charge is 0.385 e. The van der Waals surface area contributed by atoms with Gasteiger partial charge >= 0.3 is 6.18 Å². The van der Waals surface area contributed by atoms with Crippen LogP contribution in [0.1, 0.15) is 27.0 Å². The van der Waals surface area contributed by atoms with Crippen molar-refractivity contribution in [2.45, 2.75) is 12.3 Å². The first-order valence-electron chi connectivity index (χ1n) is 9.65. The minimum atomic E-state index is -4.47. The fourth-order valence-corrected chi connectivity index (χ4v) is 4.47. The summed E-state index contributed by atoms with van der Waals surface area (Å²) < 4.78 is 40.9. The average Bonchev–Trinajstić information content (AvgIpc) is 3.54. The number of thiophene rings is 1. The molecule has 1 aromatic heterocycles. The summed E-state index contributed by atoms with van der Waals surface area (Å²) in [7, 11) is 0. The third-order valence-electron chi connectivity index (χ3n) is 4.97. The van der Waals surface area contributed by atoms with E-state index in [9.17, 15) is 13.2 Å². The van der Waals surface area contributed by atoms with Crippen LogP contribution in [-0.2, 0) is 11.0 Å². The predicted octanol–water partition coefficient (Wildman–Crippen LogP) is 4.76. The molecule has 31 heavy (non-hydrogen) atoms. The molecular formula is C22H17F3N4OS. The lowest BCUT2D eigenvalue weighted by Gasteiger charge is -2.08. The molecule has 0 amide bonds. The van der Waals surface area contributed by atoms with E-state index in [1.165, 1.54) is 6.07 Å². The molecule has 0 aliphatic carbocycles. The largest absolute Gasteiger partial charge is 0.426 e. The summed E-state index contributed by atoms with van der Waals surface area (Å²) >= 11 is 0.630. The first kappa shape index (κ1) is 19.8. The van der Waals surface area contributed by atoms with Crippen LogP contribution in [0.4, 0.5) is 13.2 Å². The number of aliphatic imine (C=N–C) groups is 2. The molecule has 158 valence electrons. The predicted molar refractivity (Wildman–Crippen MR) is 114 cm³/mol. The van der Waals surface area contributed by atoms with Gasteiger partial charge in [0, 0.05) is 17.7 Å². The van der Waals surface area contributed by atoms with Crippen molar-refractivity contribution in [3.63, 3.8) is 0 Å². The third-order valence-corrected chi connectivity index (χ3v) is 6.14. The van der Waals surface area contributed by atoms with E-state index in [0.717, 1.165) is 30.1 Å². The van der Waals surface area contributed by atoms with Gasteiger partial charge in [-0.3, -0.25) is 4.99 Å². The summed E-state index contributed by atoms with van der Waals surface area (Å²) in [4.78, 5) is 14.0. The molecule has 9 heteroatoms. The highest BCUT2D eigenvalue weighted by atomic mass is 32.1. The molecule has 5 rings (SSSR count). The van der Waals surface area contributed by atoms with Gasteiger partial charge < -0.3 is 10.2 Å². The maximum atomic E-state index is 13.6. The number of hydroxylamine groups is 1. The lowest BCUT2D eigenvalue weighted by atomic mass is 10.1. The number of hydrogen-bond donors (Lipinski definition) is 2. The Kier molecular flexibility index (Phi) is 4.99. The van der Waals surface area contributed by atoms with Gasteiger partial charge in [0.2, 0.25) is 0 Å². The van der Waals surface area contributed by atoms with Crippen molar-refractivity contribution < 1.29 is 18.0 Å². The second-order valence-electron chi connectivity index (χ2n) is 7.05. The van der Waals surface area contributed by atoms with Crippen LogP contribution in [0, 0.1) is 0 Å². The van der Waals surface area contributed by atoms with E-state index in [1.807, 2.05) is 24.3 Å². The van der Waals surface area contributed by atoms with Gasteiger partial charge in [-0.15, -0.1) is 16.8 Å².